The average Bonchev–Trinajstić information content (AvgIpc) is 2.98. The number of anilines is 2. The topological polar surface area (TPSA) is 84.1 Å². The summed E-state index contributed by atoms with van der Waals surface area (Å²) in [5.41, 5.74) is 7.38. The first-order valence-corrected chi connectivity index (χ1v) is 7.14. The molecule has 0 spiro atoms. The number of nitrogens with one attached hydrogen (secondary N) is 1. The van der Waals surface area contributed by atoms with Gasteiger partial charge in [0.2, 0.25) is 5.95 Å². The van der Waals surface area contributed by atoms with E-state index in [4.69, 9.17) is 5.73 Å². The molecule has 0 amide bonds. The van der Waals surface area contributed by atoms with E-state index in [0.29, 0.717) is 12.4 Å². The van der Waals surface area contributed by atoms with Crippen LogP contribution in [0, 0.1) is 0 Å². The summed E-state index contributed by atoms with van der Waals surface area (Å²) in [4.78, 5) is 8.38. The van der Waals surface area contributed by atoms with E-state index in [1.54, 1.807) is 11.3 Å². The van der Waals surface area contributed by atoms with Crippen LogP contribution in [0.4, 0.5) is 11.8 Å². The summed E-state index contributed by atoms with van der Waals surface area (Å²) in [5.74, 6) is 0.860. The SMILES string of the molecule is Nc1nc(NCC(O)c2ccsc2)c2ccccc2n1. The number of aromatic nitrogens is 2. The van der Waals surface area contributed by atoms with Gasteiger partial charge in [-0.25, -0.2) is 4.98 Å². The van der Waals surface area contributed by atoms with E-state index >= 15 is 0 Å². The molecule has 0 saturated heterocycles. The second-order valence-electron chi connectivity index (χ2n) is 4.40. The van der Waals surface area contributed by atoms with Crippen molar-refractivity contribution in [3.05, 3.63) is 46.7 Å². The summed E-state index contributed by atoms with van der Waals surface area (Å²) in [6, 6.07) is 9.53. The van der Waals surface area contributed by atoms with Gasteiger partial charge in [0.1, 0.15) is 5.82 Å². The Morgan fingerprint density at radius 2 is 2.10 bits per heavy atom. The van der Waals surface area contributed by atoms with Gasteiger partial charge in [-0.15, -0.1) is 0 Å². The molecule has 3 rings (SSSR count). The lowest BCUT2D eigenvalue weighted by Gasteiger charge is -2.13. The molecule has 0 aliphatic rings. The van der Waals surface area contributed by atoms with E-state index in [-0.39, 0.29) is 5.95 Å². The molecule has 0 radical (unpaired) electrons. The predicted octanol–water partition coefficient (Wildman–Crippen LogP) is 2.42. The summed E-state index contributed by atoms with van der Waals surface area (Å²) < 4.78 is 0. The Bertz CT molecular complexity index is 714. The lowest BCUT2D eigenvalue weighted by molar-refractivity contribution is 0.192. The van der Waals surface area contributed by atoms with E-state index in [2.05, 4.69) is 15.3 Å². The van der Waals surface area contributed by atoms with Gasteiger partial charge in [0.15, 0.2) is 0 Å². The third-order valence-corrected chi connectivity index (χ3v) is 3.71. The molecule has 0 fully saturated rings. The first-order valence-electron chi connectivity index (χ1n) is 6.20. The third-order valence-electron chi connectivity index (χ3n) is 3.01. The van der Waals surface area contributed by atoms with E-state index in [1.165, 1.54) is 0 Å². The molecule has 0 saturated carbocycles. The molecule has 20 heavy (non-hydrogen) atoms. The van der Waals surface area contributed by atoms with E-state index in [1.807, 2.05) is 41.1 Å². The highest BCUT2D eigenvalue weighted by molar-refractivity contribution is 7.07. The van der Waals surface area contributed by atoms with Gasteiger partial charge in [-0.1, -0.05) is 12.1 Å². The van der Waals surface area contributed by atoms with Gasteiger partial charge in [0.05, 0.1) is 11.6 Å². The molecule has 0 aliphatic heterocycles. The molecule has 0 aliphatic carbocycles. The Labute approximate surface area is 120 Å². The van der Waals surface area contributed by atoms with Crippen LogP contribution in [-0.4, -0.2) is 21.6 Å². The van der Waals surface area contributed by atoms with Crippen LogP contribution in [0.15, 0.2) is 41.1 Å². The number of aliphatic hydroxyl groups is 1. The van der Waals surface area contributed by atoms with Gasteiger partial charge in [0, 0.05) is 11.9 Å². The van der Waals surface area contributed by atoms with Crippen LogP contribution in [0.5, 0.6) is 0 Å². The first kappa shape index (κ1) is 12.8. The van der Waals surface area contributed by atoms with E-state index < -0.39 is 6.10 Å². The zero-order chi connectivity index (χ0) is 13.9. The molecule has 2 aromatic heterocycles. The summed E-state index contributed by atoms with van der Waals surface area (Å²) in [7, 11) is 0. The van der Waals surface area contributed by atoms with Crippen LogP contribution >= 0.6 is 11.3 Å². The molecule has 1 atom stereocenters. The molecule has 1 unspecified atom stereocenters. The highest BCUT2D eigenvalue weighted by Gasteiger charge is 2.10. The number of aliphatic hydroxyl groups excluding tert-OH is 1. The maximum absolute atomic E-state index is 10.1. The predicted molar refractivity (Wildman–Crippen MR) is 81.7 cm³/mol. The van der Waals surface area contributed by atoms with Crippen molar-refractivity contribution in [2.24, 2.45) is 0 Å². The molecule has 0 bridgehead atoms. The number of rotatable bonds is 4. The quantitative estimate of drug-likeness (QED) is 0.686. The summed E-state index contributed by atoms with van der Waals surface area (Å²) in [6.45, 7) is 0.372. The standard InChI is InChI=1S/C14H14N4OS/c15-14-17-11-4-2-1-3-10(11)13(18-14)16-7-12(19)9-5-6-20-8-9/h1-6,8,12,19H,7H2,(H3,15,16,17,18). The van der Waals surface area contributed by atoms with Crippen molar-refractivity contribution in [3.8, 4) is 0 Å². The molecule has 3 aromatic rings. The van der Waals surface area contributed by atoms with Gasteiger partial charge in [-0.05, 0) is 34.5 Å². The minimum absolute atomic E-state index is 0.219. The van der Waals surface area contributed by atoms with Gasteiger partial charge in [0.25, 0.3) is 0 Å². The second kappa shape index (κ2) is 5.44. The van der Waals surface area contributed by atoms with Gasteiger partial charge < -0.3 is 16.2 Å². The van der Waals surface area contributed by atoms with E-state index in [0.717, 1.165) is 16.5 Å². The van der Waals surface area contributed by atoms with Crippen LogP contribution < -0.4 is 11.1 Å². The highest BCUT2D eigenvalue weighted by atomic mass is 32.1. The maximum Gasteiger partial charge on any atom is 0.222 e. The molecule has 1 aromatic carbocycles. The van der Waals surface area contributed by atoms with Gasteiger partial charge in [-0.3, -0.25) is 0 Å². The van der Waals surface area contributed by atoms with Crippen molar-refractivity contribution in [2.75, 3.05) is 17.6 Å². The normalized spacial score (nSPS) is 12.4. The fourth-order valence-electron chi connectivity index (χ4n) is 2.01. The molecule has 6 heteroatoms. The van der Waals surface area contributed by atoms with Crippen LogP contribution in [0.2, 0.25) is 0 Å². The zero-order valence-corrected chi connectivity index (χ0v) is 11.5. The maximum atomic E-state index is 10.1. The van der Waals surface area contributed by atoms with Crippen molar-refractivity contribution in [1.29, 1.82) is 0 Å². The summed E-state index contributed by atoms with van der Waals surface area (Å²) in [5, 5.41) is 18.0. The number of nitrogen functional groups attached to an aromatic ring is 1. The number of benzene rings is 1. The molecule has 5 nitrogen and oxygen atoms in total. The number of nitrogens with zero attached hydrogens (tertiary/aromatic N) is 2. The monoisotopic (exact) mass is 286 g/mol. The summed E-state index contributed by atoms with van der Waals surface area (Å²) in [6.07, 6.45) is -0.573. The Kier molecular flexibility index (Phi) is 3.49. The molecular weight excluding hydrogens is 272 g/mol. The molecular formula is C14H14N4OS. The van der Waals surface area contributed by atoms with Crippen molar-refractivity contribution in [2.45, 2.75) is 6.10 Å². The van der Waals surface area contributed by atoms with E-state index in [9.17, 15) is 5.11 Å². The van der Waals surface area contributed by atoms with Crippen molar-refractivity contribution >= 4 is 34.0 Å². The smallest absolute Gasteiger partial charge is 0.222 e. The van der Waals surface area contributed by atoms with Crippen LogP contribution in [0.1, 0.15) is 11.7 Å². The Morgan fingerprint density at radius 1 is 1.25 bits per heavy atom. The number of hydrogen-bond donors (Lipinski definition) is 3. The van der Waals surface area contributed by atoms with Crippen molar-refractivity contribution in [1.82, 2.24) is 9.97 Å². The first-order chi connectivity index (χ1) is 9.74. The molecule has 2 heterocycles. The minimum Gasteiger partial charge on any atom is -0.387 e. The van der Waals surface area contributed by atoms with Crippen LogP contribution in [0.25, 0.3) is 10.9 Å². The number of fused-ring (bicyclic) bond motifs is 1. The number of hydrogen-bond acceptors (Lipinski definition) is 6. The molecule has 4 N–H and O–H groups in total. The van der Waals surface area contributed by atoms with Gasteiger partial charge >= 0.3 is 0 Å². The molecule has 102 valence electrons. The number of nitrogens with two attached hydrogens (primary N) is 1. The lowest BCUT2D eigenvalue weighted by Crippen LogP contribution is -2.13. The fourth-order valence-corrected chi connectivity index (χ4v) is 2.71. The zero-order valence-electron chi connectivity index (χ0n) is 10.7. The van der Waals surface area contributed by atoms with Crippen molar-refractivity contribution in [3.63, 3.8) is 0 Å². The van der Waals surface area contributed by atoms with Crippen LogP contribution in [-0.2, 0) is 0 Å². The van der Waals surface area contributed by atoms with Gasteiger partial charge in [-0.2, -0.15) is 16.3 Å². The average molecular weight is 286 g/mol. The second-order valence-corrected chi connectivity index (χ2v) is 5.18. The Hall–Kier alpha value is -2.18. The Balaban J connectivity index is 1.84. The van der Waals surface area contributed by atoms with Crippen LogP contribution in [0.3, 0.4) is 0 Å². The minimum atomic E-state index is -0.573. The Morgan fingerprint density at radius 3 is 2.90 bits per heavy atom. The third kappa shape index (κ3) is 2.56. The summed E-state index contributed by atoms with van der Waals surface area (Å²) >= 11 is 1.56. The lowest BCUT2D eigenvalue weighted by atomic mass is 10.2. The fraction of sp³-hybridized carbons (Fsp3) is 0.143. The highest BCUT2D eigenvalue weighted by Crippen LogP contribution is 2.22. The number of thiophene rings is 1. The van der Waals surface area contributed by atoms with Crippen molar-refractivity contribution < 1.29 is 5.11 Å². The largest absolute Gasteiger partial charge is 0.387 e. The number of para-hydroxylation sites is 1.